The van der Waals surface area contributed by atoms with E-state index in [4.69, 9.17) is 0 Å². The van der Waals surface area contributed by atoms with Gasteiger partial charge in [-0.3, -0.25) is 0 Å². The molecule has 0 aliphatic heterocycles. The van der Waals surface area contributed by atoms with Gasteiger partial charge in [0.1, 0.15) is 0 Å². The predicted octanol–water partition coefficient (Wildman–Crippen LogP) is 1.45. The average Bonchev–Trinajstić information content (AvgIpc) is 1.65. The third-order valence-corrected chi connectivity index (χ3v) is 2.37. The van der Waals surface area contributed by atoms with Crippen LogP contribution in [0.3, 0.4) is 0 Å². The van der Waals surface area contributed by atoms with Crippen LogP contribution < -0.4 is 0 Å². The van der Waals surface area contributed by atoms with Crippen molar-refractivity contribution in [1.82, 2.24) is 0 Å². The van der Waals surface area contributed by atoms with Gasteiger partial charge in [-0.05, 0) is 12.1 Å². The average molecular weight is 102 g/mol. The Balaban J connectivity index is 2.99. The van der Waals surface area contributed by atoms with Crippen molar-refractivity contribution in [2.45, 2.75) is 25.9 Å². The lowest BCUT2D eigenvalue weighted by atomic mass is 11.0. The molecule has 0 aromatic heterocycles. The highest BCUT2D eigenvalue weighted by molar-refractivity contribution is 6.42. The maximum absolute atomic E-state index is 10.4. The minimum Gasteiger partial charge on any atom is -0.388 e. The molecule has 6 heavy (non-hydrogen) atoms. The second kappa shape index (κ2) is 3.22. The van der Waals surface area contributed by atoms with E-state index in [0.717, 1.165) is 12.1 Å². The van der Waals surface area contributed by atoms with Gasteiger partial charge in [-0.25, -0.2) is 0 Å². The summed E-state index contributed by atoms with van der Waals surface area (Å²) in [6.07, 6.45) is 0. The summed E-state index contributed by atoms with van der Waals surface area (Å²) in [5.41, 5.74) is 0. The zero-order valence-corrected chi connectivity index (χ0v) is 5.32. The first-order valence-corrected chi connectivity index (χ1v) is 4.15. The lowest BCUT2D eigenvalue weighted by Gasteiger charge is -1.78. The van der Waals surface area contributed by atoms with Gasteiger partial charge in [0.15, 0.2) is 0 Å². The van der Waals surface area contributed by atoms with E-state index in [1.165, 1.54) is 0 Å². The first-order chi connectivity index (χ1) is 2.81. The van der Waals surface area contributed by atoms with Crippen LogP contribution in [-0.4, -0.2) is 8.68 Å². The maximum atomic E-state index is 10.4. The van der Waals surface area contributed by atoms with Crippen molar-refractivity contribution in [3.05, 3.63) is 0 Å². The molecule has 0 aliphatic carbocycles. The fraction of sp³-hybridized carbons (Fsp3) is 1.00. The van der Waals surface area contributed by atoms with Crippen LogP contribution in [0, 0.1) is 0 Å². The highest BCUT2D eigenvalue weighted by Gasteiger charge is 1.91. The molecule has 0 aromatic carbocycles. The van der Waals surface area contributed by atoms with Crippen LogP contribution >= 0.6 is 0 Å². The van der Waals surface area contributed by atoms with Gasteiger partial charge >= 0.3 is 0 Å². The van der Waals surface area contributed by atoms with Crippen molar-refractivity contribution >= 4 is 8.68 Å². The Morgan fingerprint density at radius 3 is 1.67 bits per heavy atom. The molecule has 0 aliphatic rings. The molecule has 0 spiro atoms. The van der Waals surface area contributed by atoms with Crippen molar-refractivity contribution in [1.29, 1.82) is 0 Å². The molecule has 0 bridgehead atoms. The van der Waals surface area contributed by atoms with Gasteiger partial charge in [0.05, 0.1) is 0 Å². The summed E-state index contributed by atoms with van der Waals surface area (Å²) < 4.78 is 10.4. The molecule has 0 atom stereocenters. The highest BCUT2D eigenvalue weighted by atomic mass is 28.3. The molecule has 0 unspecified atom stereocenters. The molecular formula is C4H10OSi. The molecule has 0 saturated heterocycles. The Bertz CT molecular complexity index is 45.5. The van der Waals surface area contributed by atoms with Gasteiger partial charge in [0.25, 0.3) is 8.68 Å². The Morgan fingerprint density at radius 2 is 1.67 bits per heavy atom. The minimum absolute atomic E-state index is 0.876. The topological polar surface area (TPSA) is 17.1 Å². The normalized spacial score (nSPS) is 8.33. The Hall–Kier alpha value is 0.0169. The van der Waals surface area contributed by atoms with E-state index in [9.17, 15) is 4.46 Å². The summed E-state index contributed by atoms with van der Waals surface area (Å²) in [5, 5.41) is 0. The SMILES string of the molecule is CC[Si](=O)CC. The molecule has 0 amide bonds. The second-order valence-corrected chi connectivity index (χ2v) is 3.74. The summed E-state index contributed by atoms with van der Waals surface area (Å²) >= 11 is 0. The van der Waals surface area contributed by atoms with Crippen molar-refractivity contribution in [2.75, 3.05) is 0 Å². The quantitative estimate of drug-likeness (QED) is 0.482. The molecule has 2 heteroatoms. The standard InChI is InChI=1S/C4H10OSi/c1-3-6(5)4-2/h3-4H2,1-2H3. The van der Waals surface area contributed by atoms with Gasteiger partial charge < -0.3 is 4.46 Å². The third kappa shape index (κ3) is 2.27. The van der Waals surface area contributed by atoms with Crippen LogP contribution in [-0.2, 0) is 4.46 Å². The van der Waals surface area contributed by atoms with Gasteiger partial charge in [0, 0.05) is 0 Å². The fourth-order valence-corrected chi connectivity index (χ4v) is 0.750. The largest absolute Gasteiger partial charge is 0.388 e. The number of hydrogen-bond acceptors (Lipinski definition) is 1. The molecule has 0 aromatic rings. The molecule has 0 radical (unpaired) electrons. The lowest BCUT2D eigenvalue weighted by molar-refractivity contribution is 0.560. The molecule has 0 fully saturated rings. The van der Waals surface area contributed by atoms with Crippen molar-refractivity contribution in [3.63, 3.8) is 0 Å². The zero-order chi connectivity index (χ0) is 4.99. The first-order valence-electron chi connectivity index (χ1n) is 2.33. The minimum atomic E-state index is -1.12. The summed E-state index contributed by atoms with van der Waals surface area (Å²) in [6.45, 7) is 3.93. The van der Waals surface area contributed by atoms with Gasteiger partial charge in [0.2, 0.25) is 0 Å². The van der Waals surface area contributed by atoms with Crippen molar-refractivity contribution in [3.8, 4) is 0 Å². The van der Waals surface area contributed by atoms with Gasteiger partial charge in [-0.15, -0.1) is 0 Å². The Morgan fingerprint density at radius 1 is 1.33 bits per heavy atom. The van der Waals surface area contributed by atoms with E-state index in [2.05, 4.69) is 0 Å². The van der Waals surface area contributed by atoms with Crippen molar-refractivity contribution < 1.29 is 4.46 Å². The third-order valence-electron chi connectivity index (χ3n) is 0.789. The number of rotatable bonds is 2. The summed E-state index contributed by atoms with van der Waals surface area (Å²) in [6, 6.07) is 1.75. The number of hydrogen-bond donors (Lipinski definition) is 0. The van der Waals surface area contributed by atoms with E-state index in [0.29, 0.717) is 0 Å². The maximum Gasteiger partial charge on any atom is 0.276 e. The van der Waals surface area contributed by atoms with E-state index in [-0.39, 0.29) is 0 Å². The van der Waals surface area contributed by atoms with Crippen LogP contribution in [0.2, 0.25) is 12.1 Å². The zero-order valence-electron chi connectivity index (χ0n) is 4.32. The molecule has 0 rings (SSSR count). The van der Waals surface area contributed by atoms with E-state index < -0.39 is 8.68 Å². The summed E-state index contributed by atoms with van der Waals surface area (Å²) in [5.74, 6) is 0. The summed E-state index contributed by atoms with van der Waals surface area (Å²) in [4.78, 5) is 0. The second-order valence-electron chi connectivity index (χ2n) is 1.25. The van der Waals surface area contributed by atoms with Crippen LogP contribution in [0.1, 0.15) is 13.8 Å². The van der Waals surface area contributed by atoms with E-state index >= 15 is 0 Å². The first kappa shape index (κ1) is 6.02. The Labute approximate surface area is 40.0 Å². The smallest absolute Gasteiger partial charge is 0.276 e. The monoisotopic (exact) mass is 102 g/mol. The van der Waals surface area contributed by atoms with Crippen LogP contribution in [0.15, 0.2) is 0 Å². The van der Waals surface area contributed by atoms with Crippen LogP contribution in [0.4, 0.5) is 0 Å². The molecule has 1 nitrogen and oxygen atoms in total. The molecule has 0 N–H and O–H groups in total. The van der Waals surface area contributed by atoms with Crippen LogP contribution in [0.5, 0.6) is 0 Å². The fourth-order valence-electron chi connectivity index (χ4n) is 0.250. The van der Waals surface area contributed by atoms with Gasteiger partial charge in [-0.1, -0.05) is 13.8 Å². The molecule has 0 heterocycles. The van der Waals surface area contributed by atoms with E-state index in [1.807, 2.05) is 13.8 Å². The molecule has 0 saturated carbocycles. The summed E-state index contributed by atoms with van der Waals surface area (Å²) in [7, 11) is -1.12. The molecule has 36 valence electrons. The van der Waals surface area contributed by atoms with E-state index in [1.54, 1.807) is 0 Å². The van der Waals surface area contributed by atoms with Crippen molar-refractivity contribution in [2.24, 2.45) is 0 Å². The lowest BCUT2D eigenvalue weighted by Crippen LogP contribution is -1.90. The van der Waals surface area contributed by atoms with Gasteiger partial charge in [-0.2, -0.15) is 0 Å². The predicted molar refractivity (Wildman–Crippen MR) is 27.4 cm³/mol. The highest BCUT2D eigenvalue weighted by Crippen LogP contribution is 1.83. The Kier molecular flexibility index (Phi) is 3.23. The van der Waals surface area contributed by atoms with Crippen LogP contribution in [0.25, 0.3) is 0 Å². The molecular weight excluding hydrogens is 92.1 g/mol.